The van der Waals surface area contributed by atoms with E-state index in [-0.39, 0.29) is 30.3 Å². The molecule has 0 saturated heterocycles. The van der Waals surface area contributed by atoms with Crippen molar-refractivity contribution in [3.05, 3.63) is 111 Å². The second kappa shape index (κ2) is 11.6. The standard InChI is InChI=1S/C28H22ClF5N4O3/c1-15-9-16(3-6-23(15)29)13-35-25(39)21-11-17(14-38-8-7-37(2)26(38)36-27(40)41)10-20(24(21)31)19-5-4-18(30)12-22(19)28(32,33)34/h3-12H,13-14H2,1-2H3,(H,35,39)(H,40,41)/b36-26-. The molecule has 41 heavy (non-hydrogen) atoms. The van der Waals surface area contributed by atoms with E-state index in [9.17, 15) is 27.2 Å². The zero-order valence-electron chi connectivity index (χ0n) is 21.6. The number of hydrogen-bond acceptors (Lipinski definition) is 2. The number of nitrogens with one attached hydrogen (secondary N) is 1. The third-order valence-corrected chi connectivity index (χ3v) is 6.64. The lowest BCUT2D eigenvalue weighted by Crippen LogP contribution is -2.27. The van der Waals surface area contributed by atoms with Crippen LogP contribution in [-0.4, -0.2) is 26.2 Å². The maximum atomic E-state index is 15.8. The van der Waals surface area contributed by atoms with Crippen molar-refractivity contribution in [1.29, 1.82) is 0 Å². The summed E-state index contributed by atoms with van der Waals surface area (Å²) in [5.74, 6) is -3.33. The topological polar surface area (TPSA) is 88.6 Å². The van der Waals surface area contributed by atoms with E-state index in [2.05, 4.69) is 10.3 Å². The fourth-order valence-electron chi connectivity index (χ4n) is 4.28. The van der Waals surface area contributed by atoms with Crippen LogP contribution in [0.15, 0.2) is 65.9 Å². The smallest absolute Gasteiger partial charge is 0.434 e. The Hall–Kier alpha value is -4.45. The van der Waals surface area contributed by atoms with E-state index < -0.39 is 52.1 Å². The van der Waals surface area contributed by atoms with Gasteiger partial charge < -0.3 is 19.6 Å². The number of nitrogens with zero attached hydrogens (tertiary/aromatic N) is 3. The number of imidazole rings is 1. The molecule has 0 unspecified atom stereocenters. The molecule has 1 aromatic heterocycles. The van der Waals surface area contributed by atoms with Crippen molar-refractivity contribution in [2.75, 3.05) is 0 Å². The van der Waals surface area contributed by atoms with Gasteiger partial charge in [0.05, 0.1) is 17.7 Å². The van der Waals surface area contributed by atoms with Crippen molar-refractivity contribution in [3.63, 3.8) is 0 Å². The van der Waals surface area contributed by atoms with E-state index in [0.29, 0.717) is 10.6 Å². The van der Waals surface area contributed by atoms with E-state index >= 15 is 4.39 Å². The Labute approximate surface area is 235 Å². The molecular formula is C28H22ClF5N4O3. The number of aryl methyl sites for hydroxylation is 2. The van der Waals surface area contributed by atoms with Crippen LogP contribution in [0.2, 0.25) is 5.02 Å². The summed E-state index contributed by atoms with van der Waals surface area (Å²) < 4.78 is 73.9. The van der Waals surface area contributed by atoms with Crippen LogP contribution in [0, 0.1) is 18.6 Å². The first-order valence-corrected chi connectivity index (χ1v) is 12.3. The van der Waals surface area contributed by atoms with E-state index in [1.54, 1.807) is 25.1 Å². The molecule has 1 heterocycles. The van der Waals surface area contributed by atoms with Gasteiger partial charge in [0.2, 0.25) is 5.62 Å². The first-order valence-electron chi connectivity index (χ1n) is 12.0. The normalized spacial score (nSPS) is 12.0. The van der Waals surface area contributed by atoms with Crippen LogP contribution in [0.25, 0.3) is 11.1 Å². The minimum atomic E-state index is -5.03. The average Bonchev–Trinajstić information content (AvgIpc) is 3.23. The highest BCUT2D eigenvalue weighted by Gasteiger charge is 2.35. The predicted octanol–water partition coefficient (Wildman–Crippen LogP) is 6.31. The zero-order valence-corrected chi connectivity index (χ0v) is 22.3. The predicted molar refractivity (Wildman–Crippen MR) is 140 cm³/mol. The Morgan fingerprint density at radius 1 is 1.00 bits per heavy atom. The van der Waals surface area contributed by atoms with Crippen LogP contribution in [0.5, 0.6) is 0 Å². The van der Waals surface area contributed by atoms with Gasteiger partial charge >= 0.3 is 12.3 Å². The molecular weight excluding hydrogens is 571 g/mol. The summed E-state index contributed by atoms with van der Waals surface area (Å²) in [6.07, 6.45) is -3.56. The van der Waals surface area contributed by atoms with Gasteiger partial charge in [0.1, 0.15) is 11.6 Å². The zero-order chi connectivity index (χ0) is 30.1. The molecule has 13 heteroatoms. The molecule has 4 aromatic rings. The number of rotatable bonds is 6. The summed E-state index contributed by atoms with van der Waals surface area (Å²) in [6.45, 7) is 1.55. The lowest BCUT2D eigenvalue weighted by Gasteiger charge is -2.17. The number of halogens is 6. The number of carboxylic acid groups (broad SMARTS) is 1. The van der Waals surface area contributed by atoms with Crippen molar-refractivity contribution in [2.45, 2.75) is 26.2 Å². The Bertz CT molecular complexity index is 1730. The molecule has 0 aliphatic carbocycles. The van der Waals surface area contributed by atoms with Crippen molar-refractivity contribution in [2.24, 2.45) is 12.0 Å². The largest absolute Gasteiger partial charge is 0.463 e. The fraction of sp³-hybridized carbons (Fsp3) is 0.179. The molecule has 0 radical (unpaired) electrons. The monoisotopic (exact) mass is 592 g/mol. The minimum Gasteiger partial charge on any atom is -0.463 e. The van der Waals surface area contributed by atoms with Gasteiger partial charge in [-0.3, -0.25) is 4.79 Å². The van der Waals surface area contributed by atoms with Crippen LogP contribution in [-0.2, 0) is 26.3 Å². The molecule has 7 nitrogen and oxygen atoms in total. The van der Waals surface area contributed by atoms with Gasteiger partial charge in [-0.1, -0.05) is 29.8 Å². The Morgan fingerprint density at radius 2 is 1.73 bits per heavy atom. The maximum Gasteiger partial charge on any atom is 0.434 e. The Morgan fingerprint density at radius 3 is 2.39 bits per heavy atom. The summed E-state index contributed by atoms with van der Waals surface area (Å²) in [7, 11) is 1.53. The summed E-state index contributed by atoms with van der Waals surface area (Å²) in [6, 6.07) is 9.05. The van der Waals surface area contributed by atoms with Crippen molar-refractivity contribution >= 4 is 23.6 Å². The minimum absolute atomic E-state index is 0.0229. The fourth-order valence-corrected chi connectivity index (χ4v) is 4.40. The highest BCUT2D eigenvalue weighted by Crippen LogP contribution is 2.39. The molecule has 3 aromatic carbocycles. The van der Waals surface area contributed by atoms with Crippen LogP contribution in [0.3, 0.4) is 0 Å². The quantitative estimate of drug-likeness (QED) is 0.257. The molecule has 214 valence electrons. The molecule has 0 aliphatic rings. The second-order valence-electron chi connectivity index (χ2n) is 9.19. The van der Waals surface area contributed by atoms with Crippen LogP contribution >= 0.6 is 11.6 Å². The third-order valence-electron chi connectivity index (χ3n) is 6.22. The molecule has 0 atom stereocenters. The lowest BCUT2D eigenvalue weighted by atomic mass is 9.94. The molecule has 0 bridgehead atoms. The van der Waals surface area contributed by atoms with Gasteiger partial charge in [0.15, 0.2) is 0 Å². The third kappa shape index (κ3) is 6.65. The van der Waals surface area contributed by atoms with Gasteiger partial charge in [0.25, 0.3) is 5.91 Å². The first kappa shape index (κ1) is 29.5. The van der Waals surface area contributed by atoms with Crippen molar-refractivity contribution < 1.29 is 36.6 Å². The highest BCUT2D eigenvalue weighted by atomic mass is 35.5. The van der Waals surface area contributed by atoms with Gasteiger partial charge in [-0.05, 0) is 59.5 Å². The maximum absolute atomic E-state index is 15.8. The summed E-state index contributed by atoms with van der Waals surface area (Å²) >= 11 is 6.03. The number of benzene rings is 3. The van der Waals surface area contributed by atoms with E-state index in [1.165, 1.54) is 28.6 Å². The Kier molecular flexibility index (Phi) is 8.34. The lowest BCUT2D eigenvalue weighted by molar-refractivity contribution is -0.137. The van der Waals surface area contributed by atoms with Gasteiger partial charge in [0, 0.05) is 36.6 Å². The van der Waals surface area contributed by atoms with Crippen LogP contribution in [0.4, 0.5) is 26.7 Å². The molecule has 0 fully saturated rings. The molecule has 2 N–H and O–H groups in total. The number of carbonyl (C=O) groups excluding carboxylic acids is 1. The van der Waals surface area contributed by atoms with E-state index in [1.807, 2.05) is 0 Å². The SMILES string of the molecule is Cc1cc(CNC(=O)c2cc(Cn3ccn(C)/c3=N/C(=O)O)cc(-c3ccc(F)cc3C(F)(F)F)c2F)ccc1Cl. The van der Waals surface area contributed by atoms with Crippen molar-refractivity contribution in [3.8, 4) is 11.1 Å². The second-order valence-corrected chi connectivity index (χ2v) is 9.60. The molecule has 0 spiro atoms. The number of carbonyl (C=O) groups is 2. The number of amides is 2. The van der Waals surface area contributed by atoms with E-state index in [4.69, 9.17) is 16.7 Å². The van der Waals surface area contributed by atoms with Crippen LogP contribution < -0.4 is 10.9 Å². The molecule has 0 aliphatic heterocycles. The number of hydrogen-bond donors (Lipinski definition) is 2. The van der Waals surface area contributed by atoms with E-state index in [0.717, 1.165) is 29.8 Å². The molecule has 2 amide bonds. The summed E-state index contributed by atoms with van der Waals surface area (Å²) in [5.41, 5.74) is -1.72. The van der Waals surface area contributed by atoms with Gasteiger partial charge in [-0.15, -0.1) is 4.99 Å². The number of aromatic nitrogens is 2. The first-order chi connectivity index (χ1) is 19.2. The van der Waals surface area contributed by atoms with Gasteiger partial charge in [-0.25, -0.2) is 13.6 Å². The van der Waals surface area contributed by atoms with Crippen LogP contribution in [0.1, 0.15) is 32.6 Å². The summed E-state index contributed by atoms with van der Waals surface area (Å²) in [5, 5.41) is 12.2. The average molecular weight is 593 g/mol. The van der Waals surface area contributed by atoms with Gasteiger partial charge in [-0.2, -0.15) is 13.2 Å². The molecule has 4 rings (SSSR count). The van der Waals surface area contributed by atoms with Crippen molar-refractivity contribution in [1.82, 2.24) is 14.5 Å². The molecule has 0 saturated carbocycles. The highest BCUT2D eigenvalue weighted by molar-refractivity contribution is 6.31. The summed E-state index contributed by atoms with van der Waals surface area (Å²) in [4.78, 5) is 27.9. The number of alkyl halides is 3. The Balaban J connectivity index is 1.84.